The minimum Gasteiger partial charge on any atom is -0.447 e. The van der Waals surface area contributed by atoms with Crippen LogP contribution in [0.3, 0.4) is 0 Å². The van der Waals surface area contributed by atoms with Crippen molar-refractivity contribution in [2.75, 3.05) is 6.61 Å². The van der Waals surface area contributed by atoms with Gasteiger partial charge in [0.15, 0.2) is 0 Å². The largest absolute Gasteiger partial charge is 0.447 e. The fraction of sp³-hybridized carbons (Fsp3) is 0.688. The highest BCUT2D eigenvalue weighted by Crippen LogP contribution is 2.62. The molecule has 1 aromatic rings. The van der Waals surface area contributed by atoms with Crippen molar-refractivity contribution in [2.24, 2.45) is 29.6 Å². The summed E-state index contributed by atoms with van der Waals surface area (Å²) < 4.78 is 16.5. The van der Waals surface area contributed by atoms with Gasteiger partial charge >= 0.3 is 18.3 Å². The minimum atomic E-state index is -1.18. The third kappa shape index (κ3) is 6.68. The Morgan fingerprint density at radius 3 is 2.29 bits per heavy atom. The third-order valence-corrected chi connectivity index (χ3v) is 9.05. The van der Waals surface area contributed by atoms with Gasteiger partial charge in [0.05, 0.1) is 6.04 Å². The highest BCUT2D eigenvalue weighted by Gasteiger charge is 2.56. The highest BCUT2D eigenvalue weighted by atomic mass is 16.6. The number of hydrazine groups is 1. The smallest absolute Gasteiger partial charge is 0.430 e. The maximum Gasteiger partial charge on any atom is 0.430 e. The second kappa shape index (κ2) is 11.4. The molecule has 1 heterocycles. The van der Waals surface area contributed by atoms with Crippen molar-refractivity contribution >= 4 is 24.2 Å². The first-order valence-electron chi connectivity index (χ1n) is 15.2. The van der Waals surface area contributed by atoms with E-state index in [9.17, 15) is 19.2 Å². The first-order chi connectivity index (χ1) is 19.7. The van der Waals surface area contributed by atoms with Crippen LogP contribution >= 0.6 is 0 Å². The van der Waals surface area contributed by atoms with Crippen molar-refractivity contribution in [2.45, 2.75) is 103 Å². The van der Waals surface area contributed by atoms with E-state index < -0.39 is 47.5 Å². The van der Waals surface area contributed by atoms with Gasteiger partial charge in [0.1, 0.15) is 23.9 Å². The lowest BCUT2D eigenvalue weighted by molar-refractivity contribution is -0.137. The van der Waals surface area contributed by atoms with Crippen LogP contribution in [-0.4, -0.2) is 64.0 Å². The number of nitrogens with zero attached hydrogens (tertiary/aromatic N) is 2. The van der Waals surface area contributed by atoms with Gasteiger partial charge in [-0.15, -0.1) is 0 Å². The summed E-state index contributed by atoms with van der Waals surface area (Å²) >= 11 is 0. The summed E-state index contributed by atoms with van der Waals surface area (Å²) in [6, 6.07) is 7.86. The van der Waals surface area contributed by atoms with E-state index >= 15 is 0 Å². The molecular formula is C32H45N3O7. The first kappa shape index (κ1) is 30.2. The quantitative estimate of drug-likeness (QED) is 0.338. The van der Waals surface area contributed by atoms with Crippen LogP contribution < -0.4 is 5.43 Å². The summed E-state index contributed by atoms with van der Waals surface area (Å²) in [6.45, 7) is 10.4. The summed E-state index contributed by atoms with van der Waals surface area (Å²) in [4.78, 5) is 55.5. The number of carbonyl (C=O) groups is 4. The molecule has 10 heteroatoms. The second-order valence-electron chi connectivity index (χ2n) is 14.5. The average Bonchev–Trinajstić information content (AvgIpc) is 3.46. The van der Waals surface area contributed by atoms with Crippen molar-refractivity contribution in [1.29, 1.82) is 0 Å². The van der Waals surface area contributed by atoms with E-state index in [2.05, 4.69) is 5.43 Å². The molecule has 1 saturated heterocycles. The van der Waals surface area contributed by atoms with Gasteiger partial charge in [0.2, 0.25) is 0 Å². The SMILES string of the molecule is CC(C)(C)OC(=O)NN(C(=O)OC(C)(C)C)[C@@H](C[C@H]1[C@H]2C[C@@H]3C[C@@H](C2)[C@@H]1C3)C(=O)N1C(=O)OC[C@@H]1Cc1ccccc1. The van der Waals surface area contributed by atoms with Crippen molar-refractivity contribution in [3.63, 3.8) is 0 Å². The Kier molecular flexibility index (Phi) is 8.20. The van der Waals surface area contributed by atoms with Gasteiger partial charge in [-0.3, -0.25) is 4.79 Å². The number of nitrogens with one attached hydrogen (secondary N) is 1. The normalized spacial score (nSPS) is 28.8. The molecule has 0 spiro atoms. The van der Waals surface area contributed by atoms with Crippen LogP contribution in [0.2, 0.25) is 0 Å². The lowest BCUT2D eigenvalue weighted by Crippen LogP contribution is -2.61. The summed E-state index contributed by atoms with van der Waals surface area (Å²) in [5.74, 6) is 1.89. The molecule has 230 valence electrons. The van der Waals surface area contributed by atoms with Gasteiger partial charge in [0.25, 0.3) is 5.91 Å². The van der Waals surface area contributed by atoms with E-state index in [1.54, 1.807) is 41.5 Å². The molecular weight excluding hydrogens is 538 g/mol. The summed E-state index contributed by atoms with van der Waals surface area (Å²) in [5.41, 5.74) is 1.76. The fourth-order valence-electron chi connectivity index (χ4n) is 7.71. The number of imide groups is 1. The van der Waals surface area contributed by atoms with Crippen LogP contribution in [-0.2, 0) is 25.4 Å². The predicted octanol–water partition coefficient (Wildman–Crippen LogP) is 5.69. The number of rotatable bonds is 6. The lowest BCUT2D eigenvalue weighted by Gasteiger charge is -2.39. The zero-order valence-corrected chi connectivity index (χ0v) is 25.6. The minimum absolute atomic E-state index is 0.0521. The van der Waals surface area contributed by atoms with Crippen LogP contribution in [0.4, 0.5) is 14.4 Å². The number of ether oxygens (including phenoxy) is 3. The Balaban J connectivity index is 1.48. The van der Waals surface area contributed by atoms with Gasteiger partial charge in [0, 0.05) is 0 Å². The number of benzene rings is 1. The molecule has 4 saturated carbocycles. The summed E-state index contributed by atoms with van der Waals surface area (Å²) in [7, 11) is 0. The molecule has 4 aliphatic carbocycles. The van der Waals surface area contributed by atoms with Crippen LogP contribution in [0.1, 0.15) is 79.2 Å². The van der Waals surface area contributed by atoms with E-state index in [0.717, 1.165) is 40.7 Å². The van der Waals surface area contributed by atoms with Crippen LogP contribution in [0.5, 0.6) is 0 Å². The predicted molar refractivity (Wildman–Crippen MR) is 154 cm³/mol. The van der Waals surface area contributed by atoms with E-state index in [1.165, 1.54) is 6.42 Å². The van der Waals surface area contributed by atoms with E-state index in [-0.39, 0.29) is 12.5 Å². The molecule has 7 atom stereocenters. The molecule has 4 amide bonds. The Morgan fingerprint density at radius 1 is 0.976 bits per heavy atom. The summed E-state index contributed by atoms with van der Waals surface area (Å²) in [6.07, 6.45) is 2.80. The zero-order chi connectivity index (χ0) is 30.4. The van der Waals surface area contributed by atoms with Crippen molar-refractivity contribution < 1.29 is 33.4 Å². The zero-order valence-electron chi connectivity index (χ0n) is 25.6. The van der Waals surface area contributed by atoms with Crippen molar-refractivity contribution in [3.05, 3.63) is 35.9 Å². The van der Waals surface area contributed by atoms with Crippen LogP contribution in [0, 0.1) is 29.6 Å². The molecule has 1 N–H and O–H groups in total. The molecule has 0 unspecified atom stereocenters. The van der Waals surface area contributed by atoms with E-state index in [0.29, 0.717) is 30.6 Å². The molecule has 5 aliphatic rings. The molecule has 1 aliphatic heterocycles. The molecule has 0 aromatic heterocycles. The topological polar surface area (TPSA) is 114 Å². The van der Waals surface area contributed by atoms with Crippen molar-refractivity contribution in [1.82, 2.24) is 15.3 Å². The molecule has 10 nitrogen and oxygen atoms in total. The average molecular weight is 584 g/mol. The fourth-order valence-corrected chi connectivity index (χ4v) is 7.71. The lowest BCUT2D eigenvalue weighted by atomic mass is 9.73. The first-order valence-corrected chi connectivity index (χ1v) is 15.2. The van der Waals surface area contributed by atoms with Gasteiger partial charge in [-0.25, -0.2) is 29.7 Å². The number of hydrogen-bond acceptors (Lipinski definition) is 7. The molecule has 6 rings (SSSR count). The van der Waals surface area contributed by atoms with Gasteiger partial charge in [-0.1, -0.05) is 30.3 Å². The van der Waals surface area contributed by atoms with E-state index in [4.69, 9.17) is 14.2 Å². The number of hydrogen-bond donors (Lipinski definition) is 1. The van der Waals surface area contributed by atoms with Gasteiger partial charge in [-0.05, 0) is 115 Å². The number of cyclic esters (lactones) is 1. The monoisotopic (exact) mass is 583 g/mol. The molecule has 42 heavy (non-hydrogen) atoms. The standard InChI is InChI=1S/C32H45N3O7/c1-31(2,3)41-28(37)33-35(30(39)42-32(4,5)6)26(17-25-22-13-20-12-21(16-22)24(25)15-20)27(36)34-23(18-40-29(34)38)14-19-10-8-7-9-11-19/h7-11,20-26H,12-18H2,1-6H3,(H,33,37)/t20-,21-,22-,23-,24-,25-,26-/m0/s1. The van der Waals surface area contributed by atoms with Gasteiger partial charge in [-0.2, -0.15) is 0 Å². The molecule has 1 aromatic carbocycles. The van der Waals surface area contributed by atoms with Crippen molar-refractivity contribution in [3.8, 4) is 0 Å². The highest BCUT2D eigenvalue weighted by molar-refractivity contribution is 5.98. The van der Waals surface area contributed by atoms with Crippen LogP contribution in [0.15, 0.2) is 30.3 Å². The van der Waals surface area contributed by atoms with Crippen LogP contribution in [0.25, 0.3) is 0 Å². The van der Waals surface area contributed by atoms with Gasteiger partial charge < -0.3 is 14.2 Å². The second-order valence-corrected chi connectivity index (χ2v) is 14.5. The molecule has 0 radical (unpaired) electrons. The summed E-state index contributed by atoms with van der Waals surface area (Å²) in [5, 5.41) is 0.964. The molecule has 5 fully saturated rings. The maximum absolute atomic E-state index is 14.5. The third-order valence-electron chi connectivity index (χ3n) is 9.05. The number of amides is 4. The Morgan fingerprint density at radius 2 is 1.64 bits per heavy atom. The Bertz CT molecular complexity index is 1190. The Hall–Kier alpha value is -3.30. The maximum atomic E-state index is 14.5. The number of carbonyl (C=O) groups excluding carboxylic acids is 4. The molecule has 4 bridgehead atoms. The van der Waals surface area contributed by atoms with E-state index in [1.807, 2.05) is 30.3 Å². The Labute approximate surface area is 248 Å².